The molecule has 0 aromatic heterocycles. The Kier molecular flexibility index (Phi) is 2.81. The maximum Gasteiger partial charge on any atom is 0.214 e. The van der Waals surface area contributed by atoms with E-state index < -0.39 is 10.0 Å². The van der Waals surface area contributed by atoms with E-state index in [4.69, 9.17) is 5.73 Å². The molecule has 1 heterocycles. The molecular formula is C9H18N2O2S. The second-order valence-electron chi connectivity index (χ2n) is 4.47. The van der Waals surface area contributed by atoms with Gasteiger partial charge in [-0.15, -0.1) is 0 Å². The Morgan fingerprint density at radius 2 is 2.14 bits per heavy atom. The van der Waals surface area contributed by atoms with Crippen molar-refractivity contribution in [1.29, 1.82) is 0 Å². The van der Waals surface area contributed by atoms with Crippen molar-refractivity contribution in [3.8, 4) is 0 Å². The summed E-state index contributed by atoms with van der Waals surface area (Å²) in [6.45, 7) is 1.42. The molecule has 0 amide bonds. The first-order valence-corrected chi connectivity index (χ1v) is 6.92. The molecule has 2 rings (SSSR count). The normalized spacial score (nSPS) is 37.8. The molecule has 2 aliphatic rings. The summed E-state index contributed by atoms with van der Waals surface area (Å²) in [4.78, 5) is 0. The quantitative estimate of drug-likeness (QED) is 0.717. The molecule has 5 heteroatoms. The summed E-state index contributed by atoms with van der Waals surface area (Å²) in [6.07, 6.45) is 3.93. The minimum absolute atomic E-state index is 0.297. The Morgan fingerprint density at radius 1 is 1.36 bits per heavy atom. The van der Waals surface area contributed by atoms with Gasteiger partial charge in [-0.05, 0) is 31.6 Å². The van der Waals surface area contributed by atoms with E-state index >= 15 is 0 Å². The lowest BCUT2D eigenvalue weighted by atomic mass is 10.1. The number of rotatable bonds is 2. The Labute approximate surface area is 85.5 Å². The molecule has 1 aliphatic heterocycles. The molecule has 0 aromatic rings. The van der Waals surface area contributed by atoms with Gasteiger partial charge in [0.15, 0.2) is 0 Å². The molecule has 1 saturated carbocycles. The SMILES string of the molecule is NC1CCC(CN2CCCS2(=O)=O)C1. The third-order valence-corrected chi connectivity index (χ3v) is 5.17. The van der Waals surface area contributed by atoms with E-state index in [2.05, 4.69) is 0 Å². The van der Waals surface area contributed by atoms with Crippen LogP contribution in [-0.4, -0.2) is 37.6 Å². The molecule has 2 atom stereocenters. The first-order chi connectivity index (χ1) is 6.58. The minimum Gasteiger partial charge on any atom is -0.328 e. The van der Waals surface area contributed by atoms with E-state index in [9.17, 15) is 8.42 Å². The summed E-state index contributed by atoms with van der Waals surface area (Å²) in [5.74, 6) is 0.837. The molecule has 2 unspecified atom stereocenters. The molecule has 82 valence electrons. The van der Waals surface area contributed by atoms with Crippen LogP contribution in [0, 0.1) is 5.92 Å². The van der Waals surface area contributed by atoms with E-state index in [1.54, 1.807) is 4.31 Å². The summed E-state index contributed by atoms with van der Waals surface area (Å²) in [7, 11) is -2.90. The zero-order valence-corrected chi connectivity index (χ0v) is 9.17. The highest BCUT2D eigenvalue weighted by atomic mass is 32.2. The van der Waals surface area contributed by atoms with Gasteiger partial charge in [-0.3, -0.25) is 0 Å². The number of nitrogens with zero attached hydrogens (tertiary/aromatic N) is 1. The van der Waals surface area contributed by atoms with Gasteiger partial charge in [-0.25, -0.2) is 12.7 Å². The predicted octanol–water partition coefficient (Wildman–Crippen LogP) is 0.149. The van der Waals surface area contributed by atoms with E-state index in [0.717, 1.165) is 25.7 Å². The van der Waals surface area contributed by atoms with Gasteiger partial charge in [0.1, 0.15) is 0 Å². The van der Waals surface area contributed by atoms with Crippen LogP contribution in [0.25, 0.3) is 0 Å². The van der Waals surface area contributed by atoms with Crippen LogP contribution in [0.15, 0.2) is 0 Å². The van der Waals surface area contributed by atoms with Crippen LogP contribution in [0.4, 0.5) is 0 Å². The summed E-state index contributed by atoms with van der Waals surface area (Å²) in [6, 6.07) is 0.297. The van der Waals surface area contributed by atoms with Gasteiger partial charge in [-0.2, -0.15) is 0 Å². The Morgan fingerprint density at radius 3 is 2.64 bits per heavy atom. The van der Waals surface area contributed by atoms with Crippen LogP contribution in [-0.2, 0) is 10.0 Å². The van der Waals surface area contributed by atoms with Gasteiger partial charge in [-0.1, -0.05) is 0 Å². The molecule has 1 aliphatic carbocycles. The zero-order valence-electron chi connectivity index (χ0n) is 8.35. The fourth-order valence-corrected chi connectivity index (χ4v) is 4.06. The van der Waals surface area contributed by atoms with Crippen LogP contribution < -0.4 is 5.73 Å². The summed E-state index contributed by atoms with van der Waals surface area (Å²) in [5, 5.41) is 0. The highest BCUT2D eigenvalue weighted by molar-refractivity contribution is 7.89. The van der Waals surface area contributed by atoms with Crippen molar-refractivity contribution in [2.45, 2.75) is 31.7 Å². The van der Waals surface area contributed by atoms with Gasteiger partial charge >= 0.3 is 0 Å². The number of sulfonamides is 1. The molecule has 0 bridgehead atoms. The van der Waals surface area contributed by atoms with Crippen molar-refractivity contribution < 1.29 is 8.42 Å². The lowest BCUT2D eigenvalue weighted by Crippen LogP contribution is -2.31. The average Bonchev–Trinajstić information content (AvgIpc) is 2.61. The fraction of sp³-hybridized carbons (Fsp3) is 1.00. The van der Waals surface area contributed by atoms with Crippen LogP contribution in [0.1, 0.15) is 25.7 Å². The van der Waals surface area contributed by atoms with Gasteiger partial charge in [0.05, 0.1) is 5.75 Å². The molecule has 0 radical (unpaired) electrons. The van der Waals surface area contributed by atoms with Crippen LogP contribution in [0.5, 0.6) is 0 Å². The molecule has 2 fully saturated rings. The zero-order chi connectivity index (χ0) is 10.2. The van der Waals surface area contributed by atoms with Crippen molar-refractivity contribution in [2.75, 3.05) is 18.8 Å². The third-order valence-electron chi connectivity index (χ3n) is 3.25. The Balaban J connectivity index is 1.92. The summed E-state index contributed by atoms with van der Waals surface area (Å²) < 4.78 is 24.7. The highest BCUT2D eigenvalue weighted by Gasteiger charge is 2.32. The molecule has 2 N–H and O–H groups in total. The molecular weight excluding hydrogens is 200 g/mol. The third kappa shape index (κ3) is 2.10. The maximum absolute atomic E-state index is 11.5. The minimum atomic E-state index is -2.90. The van der Waals surface area contributed by atoms with Crippen LogP contribution >= 0.6 is 0 Å². The monoisotopic (exact) mass is 218 g/mol. The van der Waals surface area contributed by atoms with Gasteiger partial charge < -0.3 is 5.73 Å². The maximum atomic E-state index is 11.5. The standard InChI is InChI=1S/C9H18N2O2S/c10-9-3-2-8(6-9)7-11-4-1-5-14(11,12)13/h8-9H,1-7,10H2. The second-order valence-corrected chi connectivity index (χ2v) is 6.56. The van der Waals surface area contributed by atoms with Crippen molar-refractivity contribution in [3.05, 3.63) is 0 Å². The summed E-state index contributed by atoms with van der Waals surface area (Å²) in [5.41, 5.74) is 5.80. The first-order valence-electron chi connectivity index (χ1n) is 5.31. The largest absolute Gasteiger partial charge is 0.328 e. The molecule has 4 nitrogen and oxygen atoms in total. The second kappa shape index (κ2) is 3.79. The summed E-state index contributed by atoms with van der Waals surface area (Å²) >= 11 is 0. The van der Waals surface area contributed by atoms with Crippen molar-refractivity contribution in [1.82, 2.24) is 4.31 Å². The smallest absolute Gasteiger partial charge is 0.214 e. The van der Waals surface area contributed by atoms with E-state index in [0.29, 0.717) is 30.8 Å². The predicted molar refractivity (Wildman–Crippen MR) is 55.3 cm³/mol. The van der Waals surface area contributed by atoms with Crippen molar-refractivity contribution >= 4 is 10.0 Å². The van der Waals surface area contributed by atoms with Crippen LogP contribution in [0.3, 0.4) is 0 Å². The van der Waals surface area contributed by atoms with Gasteiger partial charge in [0, 0.05) is 19.1 Å². The van der Waals surface area contributed by atoms with E-state index in [-0.39, 0.29) is 0 Å². The molecule has 0 aromatic carbocycles. The Bertz CT molecular complexity index is 302. The fourth-order valence-electron chi connectivity index (χ4n) is 2.46. The topological polar surface area (TPSA) is 63.4 Å². The number of nitrogens with two attached hydrogens (primary N) is 1. The van der Waals surface area contributed by atoms with E-state index in [1.165, 1.54) is 0 Å². The first kappa shape index (κ1) is 10.4. The van der Waals surface area contributed by atoms with E-state index in [1.807, 2.05) is 0 Å². The average molecular weight is 218 g/mol. The Hall–Kier alpha value is -0.130. The molecule has 1 saturated heterocycles. The molecule has 0 spiro atoms. The highest BCUT2D eigenvalue weighted by Crippen LogP contribution is 2.27. The van der Waals surface area contributed by atoms with Crippen LogP contribution in [0.2, 0.25) is 0 Å². The van der Waals surface area contributed by atoms with Gasteiger partial charge in [0.2, 0.25) is 10.0 Å². The van der Waals surface area contributed by atoms with Crippen molar-refractivity contribution in [2.24, 2.45) is 11.7 Å². The number of hydrogen-bond donors (Lipinski definition) is 1. The number of hydrogen-bond acceptors (Lipinski definition) is 3. The lowest BCUT2D eigenvalue weighted by molar-refractivity contribution is 0.363. The van der Waals surface area contributed by atoms with Crippen molar-refractivity contribution in [3.63, 3.8) is 0 Å². The molecule has 14 heavy (non-hydrogen) atoms. The van der Waals surface area contributed by atoms with Gasteiger partial charge in [0.25, 0.3) is 0 Å². The lowest BCUT2D eigenvalue weighted by Gasteiger charge is -2.18.